The smallest absolute Gasteiger partial charge is 0.335 e. The lowest BCUT2D eigenvalue weighted by atomic mass is 10.1. The molecule has 2 aromatic rings. The molecule has 1 aliphatic rings. The number of nitrogens with zero attached hydrogens (tertiary/aromatic N) is 2. The Morgan fingerprint density at radius 3 is 2.95 bits per heavy atom. The second-order valence-electron chi connectivity index (χ2n) is 5.88. The van der Waals surface area contributed by atoms with Crippen LogP contribution in [0.15, 0.2) is 18.2 Å². The summed E-state index contributed by atoms with van der Waals surface area (Å²) in [6.07, 6.45) is 2.35. The van der Waals surface area contributed by atoms with Gasteiger partial charge >= 0.3 is 5.97 Å². The van der Waals surface area contributed by atoms with E-state index in [0.717, 1.165) is 42.9 Å². The van der Waals surface area contributed by atoms with Crippen LogP contribution in [0.1, 0.15) is 48.8 Å². The van der Waals surface area contributed by atoms with Crippen LogP contribution in [0.25, 0.3) is 11.0 Å². The van der Waals surface area contributed by atoms with Crippen LogP contribution in [0.2, 0.25) is 0 Å². The third kappa shape index (κ3) is 2.65. The van der Waals surface area contributed by atoms with Crippen molar-refractivity contribution in [3.63, 3.8) is 0 Å². The molecule has 2 heterocycles. The highest BCUT2D eigenvalue weighted by Gasteiger charge is 2.21. The summed E-state index contributed by atoms with van der Waals surface area (Å²) < 4.78 is 7.85. The Labute approximate surface area is 123 Å². The quantitative estimate of drug-likeness (QED) is 0.939. The van der Waals surface area contributed by atoms with Crippen LogP contribution in [0, 0.1) is 0 Å². The number of hydrogen-bond donors (Lipinski definition) is 1. The number of hydrogen-bond acceptors (Lipinski definition) is 3. The maximum absolute atomic E-state index is 11.2. The number of imidazole rings is 1. The molecule has 1 saturated heterocycles. The summed E-state index contributed by atoms with van der Waals surface area (Å²) in [5.74, 6) is 0.364. The topological polar surface area (TPSA) is 64.3 Å². The second kappa shape index (κ2) is 5.48. The van der Waals surface area contributed by atoms with Gasteiger partial charge in [0.15, 0.2) is 0 Å². The predicted octanol–water partition coefficient (Wildman–Crippen LogP) is 3.04. The highest BCUT2D eigenvalue weighted by atomic mass is 16.5. The number of benzene rings is 1. The van der Waals surface area contributed by atoms with Gasteiger partial charge < -0.3 is 14.4 Å². The zero-order chi connectivity index (χ0) is 15.0. The number of carboxylic acid groups (broad SMARTS) is 1. The van der Waals surface area contributed by atoms with Crippen LogP contribution in [0.3, 0.4) is 0 Å². The van der Waals surface area contributed by atoms with Crippen molar-refractivity contribution in [2.75, 3.05) is 6.61 Å². The van der Waals surface area contributed by atoms with E-state index in [1.165, 1.54) is 0 Å². The standard InChI is InChI=1S/C16H20N2O3/c1-10(2)15-17-13-6-5-11(16(19)20)8-14(13)18(15)9-12-4-3-7-21-12/h5-6,8,10,12H,3-4,7,9H2,1-2H3,(H,19,20). The molecule has 1 N–H and O–H groups in total. The Balaban J connectivity index is 2.09. The van der Waals surface area contributed by atoms with Crippen LogP contribution in [-0.4, -0.2) is 33.3 Å². The van der Waals surface area contributed by atoms with E-state index in [1.807, 2.05) is 0 Å². The van der Waals surface area contributed by atoms with Gasteiger partial charge in [0.25, 0.3) is 0 Å². The first-order chi connectivity index (χ1) is 10.1. The average molecular weight is 288 g/mol. The highest BCUT2D eigenvalue weighted by molar-refractivity contribution is 5.92. The molecule has 0 amide bonds. The molecular weight excluding hydrogens is 268 g/mol. The minimum Gasteiger partial charge on any atom is -0.478 e. The van der Waals surface area contributed by atoms with E-state index < -0.39 is 5.97 Å². The van der Waals surface area contributed by atoms with Crippen molar-refractivity contribution in [3.8, 4) is 0 Å². The largest absolute Gasteiger partial charge is 0.478 e. The molecule has 112 valence electrons. The van der Waals surface area contributed by atoms with E-state index in [0.29, 0.717) is 5.56 Å². The zero-order valence-corrected chi connectivity index (χ0v) is 12.4. The molecule has 0 aliphatic carbocycles. The zero-order valence-electron chi connectivity index (χ0n) is 12.4. The minimum absolute atomic E-state index is 0.202. The molecular formula is C16H20N2O3. The SMILES string of the molecule is CC(C)c1nc2ccc(C(=O)O)cc2n1CC1CCCO1. The van der Waals surface area contributed by atoms with Gasteiger partial charge in [-0.25, -0.2) is 9.78 Å². The lowest BCUT2D eigenvalue weighted by Gasteiger charge is -2.15. The fourth-order valence-electron chi connectivity index (χ4n) is 2.90. The van der Waals surface area contributed by atoms with Crippen LogP contribution in [0.4, 0.5) is 0 Å². The van der Waals surface area contributed by atoms with Gasteiger partial charge in [0.1, 0.15) is 5.82 Å². The molecule has 0 radical (unpaired) electrons. The van der Waals surface area contributed by atoms with Crippen LogP contribution >= 0.6 is 0 Å². The van der Waals surface area contributed by atoms with Crippen molar-refractivity contribution in [2.45, 2.75) is 45.3 Å². The molecule has 1 atom stereocenters. The number of ether oxygens (including phenoxy) is 1. The molecule has 1 fully saturated rings. The number of rotatable bonds is 4. The summed E-state index contributed by atoms with van der Waals surface area (Å²) >= 11 is 0. The number of carbonyl (C=O) groups is 1. The van der Waals surface area contributed by atoms with E-state index in [-0.39, 0.29) is 12.0 Å². The molecule has 21 heavy (non-hydrogen) atoms. The van der Waals surface area contributed by atoms with Gasteiger partial charge in [-0.05, 0) is 31.0 Å². The summed E-state index contributed by atoms with van der Waals surface area (Å²) in [6.45, 7) is 5.76. The first kappa shape index (κ1) is 14.1. The summed E-state index contributed by atoms with van der Waals surface area (Å²) in [7, 11) is 0. The Hall–Kier alpha value is -1.88. The summed E-state index contributed by atoms with van der Waals surface area (Å²) in [4.78, 5) is 15.9. The summed E-state index contributed by atoms with van der Waals surface area (Å²) in [5.41, 5.74) is 2.03. The van der Waals surface area contributed by atoms with Crippen molar-refractivity contribution >= 4 is 17.0 Å². The van der Waals surface area contributed by atoms with Gasteiger partial charge in [-0.2, -0.15) is 0 Å². The Morgan fingerprint density at radius 2 is 2.33 bits per heavy atom. The van der Waals surface area contributed by atoms with Gasteiger partial charge in [-0.15, -0.1) is 0 Å². The molecule has 5 heteroatoms. The third-order valence-electron chi connectivity index (χ3n) is 3.95. The predicted molar refractivity (Wildman–Crippen MR) is 79.8 cm³/mol. The van der Waals surface area contributed by atoms with Gasteiger partial charge in [0.05, 0.1) is 29.2 Å². The monoisotopic (exact) mass is 288 g/mol. The first-order valence-corrected chi connectivity index (χ1v) is 7.41. The van der Waals surface area contributed by atoms with E-state index in [9.17, 15) is 9.90 Å². The lowest BCUT2D eigenvalue weighted by molar-refractivity contribution is 0.0697. The van der Waals surface area contributed by atoms with Gasteiger partial charge in [0.2, 0.25) is 0 Å². The van der Waals surface area contributed by atoms with Crippen molar-refractivity contribution in [1.82, 2.24) is 9.55 Å². The maximum Gasteiger partial charge on any atom is 0.335 e. The molecule has 0 bridgehead atoms. The summed E-state index contributed by atoms with van der Waals surface area (Å²) in [5, 5.41) is 9.18. The molecule has 0 saturated carbocycles. The number of fused-ring (bicyclic) bond motifs is 1. The van der Waals surface area contributed by atoms with E-state index in [2.05, 4.69) is 23.4 Å². The Morgan fingerprint density at radius 1 is 1.52 bits per heavy atom. The molecule has 0 spiro atoms. The molecule has 1 aliphatic heterocycles. The minimum atomic E-state index is -0.909. The van der Waals surface area contributed by atoms with E-state index in [4.69, 9.17) is 4.74 Å². The van der Waals surface area contributed by atoms with E-state index in [1.54, 1.807) is 18.2 Å². The van der Waals surface area contributed by atoms with Gasteiger partial charge in [0, 0.05) is 12.5 Å². The number of aromatic carboxylic acids is 1. The molecule has 5 nitrogen and oxygen atoms in total. The lowest BCUT2D eigenvalue weighted by Crippen LogP contribution is -2.17. The normalized spacial score (nSPS) is 18.7. The number of aromatic nitrogens is 2. The molecule has 3 rings (SSSR count). The van der Waals surface area contributed by atoms with Crippen LogP contribution in [0.5, 0.6) is 0 Å². The fourth-order valence-corrected chi connectivity index (χ4v) is 2.90. The summed E-state index contributed by atoms with van der Waals surface area (Å²) in [6, 6.07) is 5.11. The van der Waals surface area contributed by atoms with Crippen molar-refractivity contribution < 1.29 is 14.6 Å². The number of carboxylic acids is 1. The first-order valence-electron chi connectivity index (χ1n) is 7.41. The van der Waals surface area contributed by atoms with Crippen LogP contribution < -0.4 is 0 Å². The fraction of sp³-hybridized carbons (Fsp3) is 0.500. The Bertz CT molecular complexity index is 669. The third-order valence-corrected chi connectivity index (χ3v) is 3.95. The van der Waals surface area contributed by atoms with Crippen LogP contribution in [-0.2, 0) is 11.3 Å². The van der Waals surface area contributed by atoms with Gasteiger partial charge in [-0.3, -0.25) is 0 Å². The maximum atomic E-state index is 11.2. The average Bonchev–Trinajstić information content (AvgIpc) is 3.06. The Kier molecular flexibility index (Phi) is 3.68. The second-order valence-corrected chi connectivity index (χ2v) is 5.88. The van der Waals surface area contributed by atoms with E-state index >= 15 is 0 Å². The molecule has 1 unspecified atom stereocenters. The molecule has 1 aromatic heterocycles. The van der Waals surface area contributed by atoms with Crippen molar-refractivity contribution in [1.29, 1.82) is 0 Å². The highest BCUT2D eigenvalue weighted by Crippen LogP contribution is 2.25. The van der Waals surface area contributed by atoms with Gasteiger partial charge in [-0.1, -0.05) is 13.8 Å². The van der Waals surface area contributed by atoms with Crippen molar-refractivity contribution in [2.24, 2.45) is 0 Å². The molecule has 1 aromatic carbocycles. The van der Waals surface area contributed by atoms with Crippen molar-refractivity contribution in [3.05, 3.63) is 29.6 Å².